The molecule has 0 spiro atoms. The summed E-state index contributed by atoms with van der Waals surface area (Å²) < 4.78 is 5.40. The average molecular weight is 288 g/mol. The van der Waals surface area contributed by atoms with Gasteiger partial charge in [-0.2, -0.15) is 0 Å². The molecule has 1 aromatic rings. The van der Waals surface area contributed by atoms with Crippen molar-refractivity contribution < 1.29 is 4.74 Å². The van der Waals surface area contributed by atoms with Crippen LogP contribution in [0.25, 0.3) is 0 Å². The molecule has 1 aliphatic rings. The summed E-state index contributed by atoms with van der Waals surface area (Å²) in [4.78, 5) is 0. The zero-order valence-corrected chi connectivity index (χ0v) is 12.2. The normalized spacial score (nSPS) is 18.8. The molecule has 1 N–H and O–H groups in total. The Morgan fingerprint density at radius 1 is 1.22 bits per heavy atom. The highest BCUT2D eigenvalue weighted by Crippen LogP contribution is 2.29. The summed E-state index contributed by atoms with van der Waals surface area (Å²) in [6.07, 6.45) is 2.21. The zero-order valence-electron chi connectivity index (χ0n) is 10.6. The van der Waals surface area contributed by atoms with E-state index in [0.717, 1.165) is 54.8 Å². The summed E-state index contributed by atoms with van der Waals surface area (Å²) in [6.45, 7) is 5.72. The van der Waals surface area contributed by atoms with Gasteiger partial charge < -0.3 is 10.1 Å². The zero-order chi connectivity index (χ0) is 13.0. The minimum Gasteiger partial charge on any atom is -0.381 e. The van der Waals surface area contributed by atoms with Gasteiger partial charge in [-0.3, -0.25) is 0 Å². The van der Waals surface area contributed by atoms with Crippen LogP contribution in [0.1, 0.15) is 25.3 Å². The Kier molecular flexibility index (Phi) is 4.91. The molecule has 2 nitrogen and oxygen atoms in total. The Bertz CT molecular complexity index is 383. The van der Waals surface area contributed by atoms with Crippen LogP contribution >= 0.6 is 23.2 Å². The third kappa shape index (κ3) is 3.61. The fourth-order valence-electron chi connectivity index (χ4n) is 2.23. The maximum Gasteiger partial charge on any atom is 0.0471 e. The van der Waals surface area contributed by atoms with Crippen molar-refractivity contribution in [1.29, 1.82) is 0 Å². The van der Waals surface area contributed by atoms with Crippen molar-refractivity contribution in [3.8, 4) is 0 Å². The number of ether oxygens (including phenoxy) is 1. The lowest BCUT2D eigenvalue weighted by molar-refractivity contribution is 0.0240. The number of benzene rings is 1. The molecule has 0 unspecified atom stereocenters. The maximum absolute atomic E-state index is 6.14. The summed E-state index contributed by atoms with van der Waals surface area (Å²) in [5.74, 6) is 0. The molecule has 1 aliphatic heterocycles. The first-order valence-corrected chi connectivity index (χ1v) is 7.08. The molecule has 100 valence electrons. The predicted molar refractivity (Wildman–Crippen MR) is 76.3 cm³/mol. The minimum atomic E-state index is 0.325. The van der Waals surface area contributed by atoms with Crippen molar-refractivity contribution in [2.45, 2.75) is 26.3 Å². The first kappa shape index (κ1) is 14.1. The maximum atomic E-state index is 6.14. The van der Waals surface area contributed by atoms with E-state index in [1.165, 1.54) is 0 Å². The van der Waals surface area contributed by atoms with E-state index in [4.69, 9.17) is 27.9 Å². The van der Waals surface area contributed by atoms with E-state index >= 15 is 0 Å². The molecular formula is C14H19Cl2NO. The molecule has 1 heterocycles. The van der Waals surface area contributed by atoms with Crippen molar-refractivity contribution in [1.82, 2.24) is 5.32 Å². The topological polar surface area (TPSA) is 21.3 Å². The monoisotopic (exact) mass is 287 g/mol. The van der Waals surface area contributed by atoms with E-state index < -0.39 is 0 Å². The van der Waals surface area contributed by atoms with Crippen LogP contribution < -0.4 is 5.32 Å². The molecule has 0 bridgehead atoms. The van der Waals surface area contributed by atoms with Gasteiger partial charge in [0.2, 0.25) is 0 Å². The molecule has 1 saturated heterocycles. The van der Waals surface area contributed by atoms with Crippen LogP contribution in [0.3, 0.4) is 0 Å². The van der Waals surface area contributed by atoms with E-state index in [0.29, 0.717) is 5.41 Å². The lowest BCUT2D eigenvalue weighted by Gasteiger charge is -2.33. The molecule has 1 aromatic carbocycles. The third-order valence-corrected chi connectivity index (χ3v) is 4.32. The molecule has 0 saturated carbocycles. The van der Waals surface area contributed by atoms with Crippen molar-refractivity contribution in [2.24, 2.45) is 5.41 Å². The standard InChI is InChI=1S/C14H19Cl2NO/c1-14(5-7-18-8-6-14)10-17-9-11-12(15)3-2-4-13(11)16/h2-4,17H,5-10H2,1H3. The van der Waals surface area contributed by atoms with E-state index in [1.807, 2.05) is 18.2 Å². The average Bonchev–Trinajstić information content (AvgIpc) is 2.34. The van der Waals surface area contributed by atoms with Gasteiger partial charge in [-0.05, 0) is 30.4 Å². The van der Waals surface area contributed by atoms with Crippen LogP contribution in [0, 0.1) is 5.41 Å². The molecule has 0 aliphatic carbocycles. The van der Waals surface area contributed by atoms with Gasteiger partial charge in [0.15, 0.2) is 0 Å². The summed E-state index contributed by atoms with van der Waals surface area (Å²) in [6, 6.07) is 5.62. The lowest BCUT2D eigenvalue weighted by atomic mass is 9.82. The second-order valence-electron chi connectivity index (χ2n) is 5.23. The number of hydrogen-bond donors (Lipinski definition) is 1. The molecule has 0 radical (unpaired) electrons. The van der Waals surface area contributed by atoms with Gasteiger partial charge in [-0.15, -0.1) is 0 Å². The molecule has 0 amide bonds. The van der Waals surface area contributed by atoms with Gasteiger partial charge in [0.25, 0.3) is 0 Å². The highest BCUT2D eigenvalue weighted by atomic mass is 35.5. The lowest BCUT2D eigenvalue weighted by Crippen LogP contribution is -2.36. The molecule has 4 heteroatoms. The quantitative estimate of drug-likeness (QED) is 0.907. The smallest absolute Gasteiger partial charge is 0.0471 e. The highest BCUT2D eigenvalue weighted by Gasteiger charge is 2.26. The van der Waals surface area contributed by atoms with Crippen LogP contribution in [0.4, 0.5) is 0 Å². The van der Waals surface area contributed by atoms with Crippen molar-refractivity contribution >= 4 is 23.2 Å². The van der Waals surface area contributed by atoms with Crippen molar-refractivity contribution in [3.63, 3.8) is 0 Å². The van der Waals surface area contributed by atoms with E-state index in [2.05, 4.69) is 12.2 Å². The molecule has 18 heavy (non-hydrogen) atoms. The first-order chi connectivity index (χ1) is 8.61. The Balaban J connectivity index is 1.88. The van der Waals surface area contributed by atoms with Crippen LogP contribution in [0.2, 0.25) is 10.0 Å². The van der Waals surface area contributed by atoms with Gasteiger partial charge in [-0.25, -0.2) is 0 Å². The predicted octanol–water partition coefficient (Wildman–Crippen LogP) is 3.90. The highest BCUT2D eigenvalue weighted by molar-refractivity contribution is 6.35. The van der Waals surface area contributed by atoms with Crippen LogP contribution in [0.5, 0.6) is 0 Å². The second-order valence-corrected chi connectivity index (χ2v) is 6.04. The number of nitrogens with one attached hydrogen (secondary N) is 1. The van der Waals surface area contributed by atoms with E-state index in [1.54, 1.807) is 0 Å². The van der Waals surface area contributed by atoms with Gasteiger partial charge in [-0.1, -0.05) is 36.2 Å². The minimum absolute atomic E-state index is 0.325. The summed E-state index contributed by atoms with van der Waals surface area (Å²) in [7, 11) is 0. The summed E-state index contributed by atoms with van der Waals surface area (Å²) in [5, 5.41) is 4.93. The van der Waals surface area contributed by atoms with Crippen LogP contribution in [0.15, 0.2) is 18.2 Å². The molecule has 1 fully saturated rings. The van der Waals surface area contributed by atoms with Gasteiger partial charge >= 0.3 is 0 Å². The first-order valence-electron chi connectivity index (χ1n) is 6.32. The third-order valence-electron chi connectivity index (χ3n) is 3.62. The molecular weight excluding hydrogens is 269 g/mol. The summed E-state index contributed by atoms with van der Waals surface area (Å²) in [5.41, 5.74) is 1.31. The Labute approximate surface area is 119 Å². The SMILES string of the molecule is CC1(CNCc2c(Cl)cccc2Cl)CCOCC1. The number of halogens is 2. The number of rotatable bonds is 4. The van der Waals surface area contributed by atoms with Gasteiger partial charge in [0.1, 0.15) is 0 Å². The summed E-state index contributed by atoms with van der Waals surface area (Å²) >= 11 is 12.3. The molecule has 2 rings (SSSR count). The second kappa shape index (κ2) is 6.25. The Morgan fingerprint density at radius 2 is 1.83 bits per heavy atom. The van der Waals surface area contributed by atoms with Crippen molar-refractivity contribution in [2.75, 3.05) is 19.8 Å². The van der Waals surface area contributed by atoms with Crippen LogP contribution in [-0.4, -0.2) is 19.8 Å². The van der Waals surface area contributed by atoms with Gasteiger partial charge in [0.05, 0.1) is 0 Å². The largest absolute Gasteiger partial charge is 0.381 e. The Morgan fingerprint density at radius 3 is 2.44 bits per heavy atom. The van der Waals surface area contributed by atoms with Crippen LogP contribution in [-0.2, 0) is 11.3 Å². The van der Waals surface area contributed by atoms with E-state index in [-0.39, 0.29) is 0 Å². The van der Waals surface area contributed by atoms with E-state index in [9.17, 15) is 0 Å². The molecule has 0 atom stereocenters. The fraction of sp³-hybridized carbons (Fsp3) is 0.571. The number of hydrogen-bond acceptors (Lipinski definition) is 2. The molecule has 0 aromatic heterocycles. The van der Waals surface area contributed by atoms with Gasteiger partial charge in [0, 0.05) is 41.9 Å². The fourth-order valence-corrected chi connectivity index (χ4v) is 2.76. The van der Waals surface area contributed by atoms with Crippen molar-refractivity contribution in [3.05, 3.63) is 33.8 Å². The Hall–Kier alpha value is -0.280.